The summed E-state index contributed by atoms with van der Waals surface area (Å²) < 4.78 is 0. The zero-order chi connectivity index (χ0) is 12.3. The van der Waals surface area contributed by atoms with Crippen molar-refractivity contribution >= 4 is 5.78 Å². The van der Waals surface area contributed by atoms with E-state index in [2.05, 4.69) is 13.8 Å². The van der Waals surface area contributed by atoms with Gasteiger partial charge in [-0.1, -0.05) is 33.1 Å². The summed E-state index contributed by atoms with van der Waals surface area (Å²) in [5.74, 6) is 1.22. The van der Waals surface area contributed by atoms with Gasteiger partial charge in [0.05, 0.1) is 0 Å². The van der Waals surface area contributed by atoms with Gasteiger partial charge in [-0.3, -0.25) is 4.79 Å². The van der Waals surface area contributed by atoms with Crippen molar-refractivity contribution < 1.29 is 9.90 Å². The number of aliphatic hydroxyl groups is 1. The molecular weight excluding hydrogens is 200 g/mol. The smallest absolute Gasteiger partial charge is 0.167 e. The zero-order valence-electron chi connectivity index (χ0n) is 11.1. The van der Waals surface area contributed by atoms with Crippen LogP contribution in [0.4, 0.5) is 0 Å². The highest BCUT2D eigenvalue weighted by Crippen LogP contribution is 2.38. The zero-order valence-corrected chi connectivity index (χ0v) is 11.1. The maximum atomic E-state index is 12.2. The van der Waals surface area contributed by atoms with Crippen molar-refractivity contribution in [3.63, 3.8) is 0 Å². The largest absolute Gasteiger partial charge is 0.383 e. The summed E-state index contributed by atoms with van der Waals surface area (Å²) >= 11 is 0. The third-order valence-electron chi connectivity index (χ3n) is 4.13. The fraction of sp³-hybridized carbons (Fsp3) is 0.929. The Balaban J connectivity index is 2.78. The molecule has 0 spiro atoms. The molecule has 16 heavy (non-hydrogen) atoms. The first-order valence-corrected chi connectivity index (χ1v) is 6.64. The predicted molar refractivity (Wildman–Crippen MR) is 66.2 cm³/mol. The second-order valence-corrected chi connectivity index (χ2v) is 5.86. The van der Waals surface area contributed by atoms with E-state index in [9.17, 15) is 9.90 Å². The van der Waals surface area contributed by atoms with Gasteiger partial charge in [0, 0.05) is 5.92 Å². The van der Waals surface area contributed by atoms with Crippen LogP contribution in [0.5, 0.6) is 0 Å². The van der Waals surface area contributed by atoms with Crippen LogP contribution in [-0.2, 0) is 4.79 Å². The number of hydrogen-bond donors (Lipinski definition) is 1. The van der Waals surface area contributed by atoms with Crippen LogP contribution in [0.3, 0.4) is 0 Å². The highest BCUT2D eigenvalue weighted by Gasteiger charge is 2.39. The molecule has 0 saturated heterocycles. The van der Waals surface area contributed by atoms with Crippen molar-refractivity contribution in [2.24, 2.45) is 17.8 Å². The van der Waals surface area contributed by atoms with Crippen molar-refractivity contribution in [1.29, 1.82) is 0 Å². The van der Waals surface area contributed by atoms with Crippen molar-refractivity contribution in [2.45, 2.75) is 65.4 Å². The Bertz CT molecular complexity index is 240. The molecule has 2 nitrogen and oxygen atoms in total. The molecule has 1 aliphatic carbocycles. The summed E-state index contributed by atoms with van der Waals surface area (Å²) in [5, 5.41) is 9.86. The molecule has 1 unspecified atom stereocenters. The van der Waals surface area contributed by atoms with Crippen LogP contribution in [-0.4, -0.2) is 16.5 Å². The van der Waals surface area contributed by atoms with Gasteiger partial charge in [0.2, 0.25) is 0 Å². The average Bonchev–Trinajstić information content (AvgIpc) is 2.25. The maximum absolute atomic E-state index is 12.2. The minimum atomic E-state index is -1.16. The Morgan fingerprint density at radius 2 is 1.94 bits per heavy atom. The topological polar surface area (TPSA) is 37.3 Å². The van der Waals surface area contributed by atoms with E-state index in [1.165, 1.54) is 6.42 Å². The monoisotopic (exact) mass is 226 g/mol. The van der Waals surface area contributed by atoms with E-state index in [4.69, 9.17) is 0 Å². The lowest BCUT2D eigenvalue weighted by molar-refractivity contribution is -0.142. The Hall–Kier alpha value is -0.370. The molecule has 1 rings (SSSR count). The molecule has 0 radical (unpaired) electrons. The van der Waals surface area contributed by atoms with Gasteiger partial charge >= 0.3 is 0 Å². The number of ketones is 1. The SMILES string of the molecule is CC[C@H](C)[C@@H]1CCCCC1C(=O)C(C)(C)O. The lowest BCUT2D eigenvalue weighted by atomic mass is 9.68. The number of carbonyl (C=O) groups is 1. The molecule has 1 N–H and O–H groups in total. The van der Waals surface area contributed by atoms with Gasteiger partial charge in [-0.15, -0.1) is 0 Å². The Morgan fingerprint density at radius 3 is 2.44 bits per heavy atom. The number of carbonyl (C=O) groups excluding carboxylic acids is 1. The van der Waals surface area contributed by atoms with Gasteiger partial charge < -0.3 is 5.11 Å². The minimum absolute atomic E-state index is 0.0532. The average molecular weight is 226 g/mol. The Morgan fingerprint density at radius 1 is 1.38 bits per heavy atom. The summed E-state index contributed by atoms with van der Waals surface area (Å²) in [6.07, 6.45) is 5.63. The second-order valence-electron chi connectivity index (χ2n) is 5.86. The van der Waals surface area contributed by atoms with Crippen molar-refractivity contribution in [2.75, 3.05) is 0 Å². The molecule has 0 aromatic carbocycles. The van der Waals surface area contributed by atoms with E-state index in [-0.39, 0.29) is 11.7 Å². The molecule has 0 aromatic rings. The Kier molecular flexibility index (Phi) is 4.54. The standard InChI is InChI=1S/C14H26O2/c1-5-10(2)11-8-6-7-9-12(11)13(15)14(3,4)16/h10-12,16H,5-9H2,1-4H3/t10-,11-,12?/m0/s1. The highest BCUT2D eigenvalue weighted by molar-refractivity contribution is 5.88. The first-order valence-electron chi connectivity index (χ1n) is 6.64. The van der Waals surface area contributed by atoms with Gasteiger partial charge in [0.1, 0.15) is 5.60 Å². The van der Waals surface area contributed by atoms with Crippen molar-refractivity contribution in [3.8, 4) is 0 Å². The van der Waals surface area contributed by atoms with Crippen LogP contribution in [0.1, 0.15) is 59.8 Å². The van der Waals surface area contributed by atoms with Gasteiger partial charge in [0.15, 0.2) is 5.78 Å². The molecule has 0 amide bonds. The number of hydrogen-bond acceptors (Lipinski definition) is 2. The van der Waals surface area contributed by atoms with Crippen molar-refractivity contribution in [1.82, 2.24) is 0 Å². The molecule has 1 saturated carbocycles. The summed E-state index contributed by atoms with van der Waals surface area (Å²) in [4.78, 5) is 12.2. The third kappa shape index (κ3) is 3.07. The van der Waals surface area contributed by atoms with E-state index >= 15 is 0 Å². The fourth-order valence-corrected chi connectivity index (χ4v) is 2.92. The van der Waals surface area contributed by atoms with Crippen LogP contribution in [0.15, 0.2) is 0 Å². The lowest BCUT2D eigenvalue weighted by Gasteiger charge is -2.37. The summed E-state index contributed by atoms with van der Waals surface area (Å²) in [6, 6.07) is 0. The van der Waals surface area contributed by atoms with Crippen LogP contribution in [0.2, 0.25) is 0 Å². The third-order valence-corrected chi connectivity index (χ3v) is 4.13. The number of Topliss-reactive ketones (excluding diaryl/α,β-unsaturated/α-hetero) is 1. The minimum Gasteiger partial charge on any atom is -0.383 e. The normalized spacial score (nSPS) is 28.8. The first kappa shape index (κ1) is 13.7. The van der Waals surface area contributed by atoms with E-state index in [0.29, 0.717) is 11.8 Å². The highest BCUT2D eigenvalue weighted by atomic mass is 16.3. The summed E-state index contributed by atoms with van der Waals surface area (Å²) in [7, 11) is 0. The summed E-state index contributed by atoms with van der Waals surface area (Å²) in [5.41, 5.74) is -1.16. The molecule has 0 heterocycles. The molecule has 94 valence electrons. The molecule has 0 aliphatic heterocycles. The van der Waals surface area contributed by atoms with Gasteiger partial charge in [0.25, 0.3) is 0 Å². The van der Waals surface area contributed by atoms with E-state index in [0.717, 1.165) is 25.7 Å². The molecule has 1 fully saturated rings. The summed E-state index contributed by atoms with van der Waals surface area (Å²) in [6.45, 7) is 7.67. The van der Waals surface area contributed by atoms with Crippen LogP contribution < -0.4 is 0 Å². The molecule has 3 atom stereocenters. The van der Waals surface area contributed by atoms with Crippen LogP contribution in [0, 0.1) is 17.8 Å². The van der Waals surface area contributed by atoms with E-state index in [1.807, 2.05) is 0 Å². The number of rotatable bonds is 4. The predicted octanol–water partition coefficient (Wildman–Crippen LogP) is 3.18. The molecule has 0 aromatic heterocycles. The van der Waals surface area contributed by atoms with Crippen LogP contribution in [0.25, 0.3) is 0 Å². The second kappa shape index (κ2) is 5.31. The molecule has 1 aliphatic rings. The first-order chi connectivity index (χ1) is 7.38. The van der Waals surface area contributed by atoms with Crippen molar-refractivity contribution in [3.05, 3.63) is 0 Å². The maximum Gasteiger partial charge on any atom is 0.167 e. The van der Waals surface area contributed by atoms with Gasteiger partial charge in [-0.05, 0) is 38.5 Å². The molecule has 0 bridgehead atoms. The van der Waals surface area contributed by atoms with Gasteiger partial charge in [-0.2, -0.15) is 0 Å². The molecular formula is C14H26O2. The quantitative estimate of drug-likeness (QED) is 0.799. The Labute approximate surface area is 99.4 Å². The van der Waals surface area contributed by atoms with E-state index < -0.39 is 5.60 Å². The molecule has 2 heteroatoms. The lowest BCUT2D eigenvalue weighted by Crippen LogP contribution is -2.42. The van der Waals surface area contributed by atoms with Gasteiger partial charge in [-0.25, -0.2) is 0 Å². The van der Waals surface area contributed by atoms with Crippen LogP contribution >= 0.6 is 0 Å². The van der Waals surface area contributed by atoms with E-state index in [1.54, 1.807) is 13.8 Å². The fourth-order valence-electron chi connectivity index (χ4n) is 2.92.